The summed E-state index contributed by atoms with van der Waals surface area (Å²) >= 11 is 11.7. The van der Waals surface area contributed by atoms with Gasteiger partial charge in [-0.15, -0.1) is 0 Å². The summed E-state index contributed by atoms with van der Waals surface area (Å²) < 4.78 is 45.2. The Hall–Kier alpha value is -3.94. The lowest BCUT2D eigenvalue weighted by molar-refractivity contribution is -0.174. The van der Waals surface area contributed by atoms with Crippen molar-refractivity contribution < 1.29 is 27.8 Å². The molecular formula is C45H51Cl2F2N3O4. The fourth-order valence-electron chi connectivity index (χ4n) is 7.12. The van der Waals surface area contributed by atoms with E-state index in [0.29, 0.717) is 48.6 Å². The molecule has 0 N–H and O–H groups in total. The summed E-state index contributed by atoms with van der Waals surface area (Å²) in [7, 11) is 0. The van der Waals surface area contributed by atoms with Gasteiger partial charge in [0.2, 0.25) is 0 Å². The molecule has 0 spiro atoms. The van der Waals surface area contributed by atoms with Crippen molar-refractivity contribution in [2.75, 3.05) is 19.8 Å². The lowest BCUT2D eigenvalue weighted by atomic mass is 9.72. The predicted molar refractivity (Wildman–Crippen MR) is 214 cm³/mol. The average molecular weight is 807 g/mol. The smallest absolute Gasteiger partial charge is 0.315 e. The van der Waals surface area contributed by atoms with E-state index >= 15 is 0 Å². The molecule has 0 radical (unpaired) electrons. The first-order valence-electron chi connectivity index (χ1n) is 19.1. The normalized spacial score (nSPS) is 19.7. The number of nitrogens with zero attached hydrogens (tertiary/aromatic N) is 3. The van der Waals surface area contributed by atoms with E-state index in [1.54, 1.807) is 36.7 Å². The number of hydrogen-bond acceptors (Lipinski definition) is 7. The molecule has 298 valence electrons. The summed E-state index contributed by atoms with van der Waals surface area (Å²) in [6, 6.07) is 19.9. The maximum absolute atomic E-state index is 14.2. The van der Waals surface area contributed by atoms with E-state index in [1.165, 1.54) is 12.1 Å². The minimum absolute atomic E-state index is 0.0493. The number of halogens is 4. The maximum atomic E-state index is 14.2. The number of esters is 1. The molecule has 3 unspecified atom stereocenters. The van der Waals surface area contributed by atoms with E-state index in [9.17, 15) is 18.8 Å². The third-order valence-electron chi connectivity index (χ3n) is 10.6. The first kappa shape index (κ1) is 43.2. The molecule has 4 heterocycles. The second kappa shape index (κ2) is 19.0. The molecule has 56 heavy (non-hydrogen) atoms. The maximum Gasteiger partial charge on any atom is 0.315 e. The van der Waals surface area contributed by atoms with Crippen LogP contribution in [0.3, 0.4) is 0 Å². The van der Waals surface area contributed by atoms with Gasteiger partial charge in [-0.25, -0.2) is 8.78 Å². The number of benzene rings is 2. The Morgan fingerprint density at radius 2 is 1.48 bits per heavy atom. The van der Waals surface area contributed by atoms with Crippen molar-refractivity contribution in [1.82, 2.24) is 9.97 Å². The van der Waals surface area contributed by atoms with E-state index in [2.05, 4.69) is 57.6 Å². The zero-order valence-corrected chi connectivity index (χ0v) is 34.5. The topological polar surface area (TPSA) is 94.3 Å². The fourth-order valence-corrected chi connectivity index (χ4v) is 7.51. The number of cyclic esters (lactones) is 1. The highest BCUT2D eigenvalue weighted by atomic mass is 35.5. The molecule has 2 aromatic heterocycles. The Morgan fingerprint density at radius 3 is 1.96 bits per heavy atom. The Kier molecular flexibility index (Phi) is 14.7. The van der Waals surface area contributed by atoms with Crippen molar-refractivity contribution in [2.24, 2.45) is 22.7 Å². The third kappa shape index (κ3) is 11.1. The highest BCUT2D eigenvalue weighted by Gasteiger charge is 2.45. The molecule has 2 aliphatic heterocycles. The number of rotatable bonds is 10. The number of hydrogen-bond donors (Lipinski definition) is 0. The molecule has 4 aromatic rings. The molecule has 11 heteroatoms. The van der Waals surface area contributed by atoms with Gasteiger partial charge >= 0.3 is 5.97 Å². The van der Waals surface area contributed by atoms with Gasteiger partial charge in [0.25, 0.3) is 0 Å². The van der Waals surface area contributed by atoms with Crippen LogP contribution in [-0.2, 0) is 31.8 Å². The minimum Gasteiger partial charge on any atom is -0.465 e. The second-order valence-electron chi connectivity index (χ2n) is 16.8. The van der Waals surface area contributed by atoms with Gasteiger partial charge in [0, 0.05) is 43.7 Å². The molecule has 6 rings (SSSR count). The summed E-state index contributed by atoms with van der Waals surface area (Å²) in [5.74, 6) is -1.76. The highest BCUT2D eigenvalue weighted by molar-refractivity contribution is 6.31. The Morgan fingerprint density at radius 1 is 0.875 bits per heavy atom. The summed E-state index contributed by atoms with van der Waals surface area (Å²) in [5, 5.41) is 10.2. The first-order chi connectivity index (χ1) is 26.6. The number of ether oxygens (including phenoxy) is 3. The summed E-state index contributed by atoms with van der Waals surface area (Å²) in [6.07, 6.45) is 7.06. The molecule has 0 aliphatic carbocycles. The van der Waals surface area contributed by atoms with Crippen molar-refractivity contribution in [3.05, 3.63) is 128 Å². The number of carbonyl (C=O) groups excluding carboxylic acids is 1. The van der Waals surface area contributed by atoms with Gasteiger partial charge in [-0.3, -0.25) is 14.8 Å². The Bertz CT molecular complexity index is 1970. The van der Waals surface area contributed by atoms with E-state index in [1.807, 2.05) is 24.3 Å². The van der Waals surface area contributed by atoms with E-state index in [0.717, 1.165) is 37.0 Å². The Balaban J connectivity index is 0.000000219. The van der Waals surface area contributed by atoms with Gasteiger partial charge in [0.05, 0.1) is 46.6 Å². The molecule has 7 nitrogen and oxygen atoms in total. The van der Waals surface area contributed by atoms with Crippen LogP contribution in [0.4, 0.5) is 8.78 Å². The predicted octanol–water partition coefficient (Wildman–Crippen LogP) is 11.0. The molecule has 2 saturated heterocycles. The SMILES string of the molecule is CC(C)(C)[C@@H](COC1CCCCO1)C(C#N)c1ccc(Cc2cccc(Cl)c2F)cn1.CC(C)(C)[C@H]1COC(=O)C1c1ccc(Cc2cccc(Cl)c2F)cn1. The Labute approximate surface area is 339 Å². The van der Waals surface area contributed by atoms with E-state index < -0.39 is 17.6 Å². The second-order valence-corrected chi connectivity index (χ2v) is 17.6. The van der Waals surface area contributed by atoms with Gasteiger partial charge in [0.1, 0.15) is 17.6 Å². The van der Waals surface area contributed by atoms with Gasteiger partial charge < -0.3 is 14.2 Å². The lowest BCUT2D eigenvalue weighted by Gasteiger charge is -2.35. The number of nitriles is 1. The van der Waals surface area contributed by atoms with Crippen LogP contribution >= 0.6 is 23.2 Å². The molecule has 2 aromatic carbocycles. The van der Waals surface area contributed by atoms with Crippen molar-refractivity contribution >= 4 is 29.2 Å². The number of carbonyl (C=O) groups is 1. The average Bonchev–Trinajstić information content (AvgIpc) is 3.57. The zero-order valence-electron chi connectivity index (χ0n) is 33.0. The van der Waals surface area contributed by atoms with Crippen LogP contribution in [-0.4, -0.2) is 42.0 Å². The van der Waals surface area contributed by atoms with Crippen molar-refractivity contribution in [3.8, 4) is 6.07 Å². The molecular weight excluding hydrogens is 755 g/mol. The standard InChI is InChI=1S/C25H30ClFN2O2.C20H21ClFNO2/c1-25(2,3)20(16-31-23-9-4-5-12-30-23)19(14-28)22-11-10-17(15-29-22)13-18-7-6-8-21(26)24(18)27;1-20(2,3)14-11-25-19(24)17(14)16-8-7-12(10-23-16)9-13-5-4-6-15(21)18(13)22/h6-8,10-11,15,19-20,23H,4-5,9,12-13,16H2,1-3H3;4-8,10,14,17H,9,11H2,1-3H3/t19?,20-,23?;14-,17?/m00/s1. The van der Waals surface area contributed by atoms with Crippen LogP contribution in [0.1, 0.15) is 106 Å². The molecule has 0 saturated carbocycles. The van der Waals surface area contributed by atoms with Gasteiger partial charge in [-0.2, -0.15) is 5.26 Å². The molecule has 0 bridgehead atoms. The molecule has 2 aliphatic rings. The van der Waals surface area contributed by atoms with Crippen LogP contribution in [0.2, 0.25) is 10.0 Å². The van der Waals surface area contributed by atoms with Crippen LogP contribution in [0.5, 0.6) is 0 Å². The summed E-state index contributed by atoms with van der Waals surface area (Å²) in [5.41, 5.74) is 3.97. The van der Waals surface area contributed by atoms with Gasteiger partial charge in [-0.1, -0.05) is 101 Å². The van der Waals surface area contributed by atoms with Gasteiger partial charge in [-0.05, 0) is 76.6 Å². The fraction of sp³-hybridized carbons (Fsp3) is 0.467. The highest BCUT2D eigenvalue weighted by Crippen LogP contribution is 2.42. The van der Waals surface area contributed by atoms with Crippen molar-refractivity contribution in [1.29, 1.82) is 5.26 Å². The van der Waals surface area contributed by atoms with Gasteiger partial charge in [0.15, 0.2) is 6.29 Å². The third-order valence-corrected chi connectivity index (χ3v) is 11.2. The monoisotopic (exact) mass is 805 g/mol. The van der Waals surface area contributed by atoms with Crippen LogP contribution in [0, 0.1) is 45.6 Å². The van der Waals surface area contributed by atoms with Crippen LogP contribution in [0.15, 0.2) is 73.1 Å². The molecule has 5 atom stereocenters. The van der Waals surface area contributed by atoms with Crippen molar-refractivity contribution in [2.45, 2.75) is 91.8 Å². The minimum atomic E-state index is -0.416. The number of aromatic nitrogens is 2. The first-order valence-corrected chi connectivity index (χ1v) is 19.9. The summed E-state index contributed by atoms with van der Waals surface area (Å²) in [6.45, 7) is 14.2. The molecule has 2 fully saturated rings. The number of pyridine rings is 2. The van der Waals surface area contributed by atoms with E-state index in [4.69, 9.17) is 37.4 Å². The van der Waals surface area contributed by atoms with Crippen molar-refractivity contribution in [3.63, 3.8) is 0 Å². The molecule has 0 amide bonds. The van der Waals surface area contributed by atoms with E-state index in [-0.39, 0.29) is 50.9 Å². The summed E-state index contributed by atoms with van der Waals surface area (Å²) in [4.78, 5) is 21.2. The zero-order chi connectivity index (χ0) is 40.6. The lowest BCUT2D eigenvalue weighted by Crippen LogP contribution is -2.34. The van der Waals surface area contributed by atoms with Crippen LogP contribution in [0.25, 0.3) is 0 Å². The largest absolute Gasteiger partial charge is 0.465 e. The quantitative estimate of drug-likeness (QED) is 0.147. The van der Waals surface area contributed by atoms with Crippen LogP contribution < -0.4 is 0 Å².